The second kappa shape index (κ2) is 6.09. The normalized spacial score (nSPS) is 18.0. The number of carbonyl (C=O) groups is 1. The Morgan fingerprint density at radius 2 is 2.00 bits per heavy atom. The largest absolute Gasteiger partial charge is 0.405 e. The molecule has 1 aromatic carbocycles. The summed E-state index contributed by atoms with van der Waals surface area (Å²) < 4.78 is 33.6. The molecule has 1 amide bonds. The summed E-state index contributed by atoms with van der Waals surface area (Å²) in [5, 5.41) is 10.1. The molecule has 0 spiro atoms. The van der Waals surface area contributed by atoms with Gasteiger partial charge in [0.1, 0.15) is 6.10 Å². The molecular weight excluding hydrogens is 322 g/mol. The van der Waals surface area contributed by atoms with Crippen LogP contribution in [0.25, 0.3) is 0 Å². The second-order valence-electron chi connectivity index (χ2n) is 5.20. The van der Waals surface area contributed by atoms with Crippen molar-refractivity contribution < 1.29 is 22.4 Å². The second-order valence-corrected chi connectivity index (χ2v) is 7.21. The number of nitrogens with zero attached hydrogens (tertiary/aromatic N) is 2. The van der Waals surface area contributed by atoms with Crippen LogP contribution in [0.4, 0.5) is 6.01 Å². The van der Waals surface area contributed by atoms with Gasteiger partial charge in [0.05, 0.1) is 4.90 Å². The minimum atomic E-state index is -3.30. The Hall–Kier alpha value is -2.26. The van der Waals surface area contributed by atoms with Gasteiger partial charge < -0.3 is 9.15 Å². The van der Waals surface area contributed by atoms with Crippen molar-refractivity contribution in [1.82, 2.24) is 10.2 Å². The van der Waals surface area contributed by atoms with Crippen LogP contribution < -0.4 is 5.32 Å². The summed E-state index contributed by atoms with van der Waals surface area (Å²) in [6.45, 7) is 0.654. The minimum Gasteiger partial charge on any atom is -0.405 e. The van der Waals surface area contributed by atoms with E-state index in [2.05, 4.69) is 15.5 Å². The lowest BCUT2D eigenvalue weighted by atomic mass is 10.2. The summed E-state index contributed by atoms with van der Waals surface area (Å²) in [6, 6.07) is 5.56. The lowest BCUT2D eigenvalue weighted by Crippen LogP contribution is -2.12. The SMILES string of the molecule is CS(=O)(=O)c1ccc(C(=O)Nc2nnc(C3CCCO3)o2)cc1. The predicted octanol–water partition coefficient (Wildman–Crippen LogP) is 1.58. The van der Waals surface area contributed by atoms with Gasteiger partial charge in [0.2, 0.25) is 5.89 Å². The van der Waals surface area contributed by atoms with Gasteiger partial charge in [-0.2, -0.15) is 0 Å². The van der Waals surface area contributed by atoms with Crippen LogP contribution in [0.2, 0.25) is 0 Å². The van der Waals surface area contributed by atoms with E-state index in [1.165, 1.54) is 24.3 Å². The lowest BCUT2D eigenvalue weighted by molar-refractivity contribution is 0.0893. The quantitative estimate of drug-likeness (QED) is 0.901. The zero-order valence-corrected chi connectivity index (χ0v) is 13.2. The maximum Gasteiger partial charge on any atom is 0.322 e. The van der Waals surface area contributed by atoms with Crippen LogP contribution in [0.15, 0.2) is 33.6 Å². The Bertz CT molecular complexity index is 807. The highest BCUT2D eigenvalue weighted by Gasteiger charge is 2.24. The van der Waals surface area contributed by atoms with Gasteiger partial charge in [0.25, 0.3) is 5.91 Å². The number of carbonyl (C=O) groups excluding carboxylic acids is 1. The number of rotatable bonds is 4. The number of nitrogens with one attached hydrogen (secondary N) is 1. The first-order valence-electron chi connectivity index (χ1n) is 7.00. The van der Waals surface area contributed by atoms with Crippen molar-refractivity contribution in [3.63, 3.8) is 0 Å². The van der Waals surface area contributed by atoms with Gasteiger partial charge >= 0.3 is 6.01 Å². The zero-order valence-electron chi connectivity index (χ0n) is 12.4. The Balaban J connectivity index is 1.69. The fourth-order valence-electron chi connectivity index (χ4n) is 2.21. The van der Waals surface area contributed by atoms with Crippen LogP contribution in [0.5, 0.6) is 0 Å². The van der Waals surface area contributed by atoms with Crippen molar-refractivity contribution in [2.24, 2.45) is 0 Å². The highest BCUT2D eigenvalue weighted by molar-refractivity contribution is 7.90. The monoisotopic (exact) mass is 337 g/mol. The molecule has 122 valence electrons. The van der Waals surface area contributed by atoms with Crippen LogP contribution in [0.3, 0.4) is 0 Å². The first-order valence-corrected chi connectivity index (χ1v) is 8.89. The van der Waals surface area contributed by atoms with Crippen LogP contribution >= 0.6 is 0 Å². The van der Waals surface area contributed by atoms with Crippen molar-refractivity contribution in [1.29, 1.82) is 0 Å². The van der Waals surface area contributed by atoms with Crippen LogP contribution in [-0.4, -0.2) is 37.4 Å². The van der Waals surface area contributed by atoms with Gasteiger partial charge in [0.15, 0.2) is 9.84 Å². The molecule has 2 aromatic rings. The zero-order chi connectivity index (χ0) is 16.4. The van der Waals surface area contributed by atoms with E-state index in [4.69, 9.17) is 9.15 Å². The van der Waals surface area contributed by atoms with Crippen LogP contribution in [0, 0.1) is 0 Å². The first-order chi connectivity index (χ1) is 10.9. The van der Waals surface area contributed by atoms with E-state index in [0.717, 1.165) is 19.1 Å². The average Bonchev–Trinajstić information content (AvgIpc) is 3.17. The summed E-state index contributed by atoms with van der Waals surface area (Å²) in [5.74, 6) is -0.127. The number of ether oxygens (including phenoxy) is 1. The fourth-order valence-corrected chi connectivity index (χ4v) is 2.84. The molecular formula is C14H15N3O5S. The molecule has 9 heteroatoms. The number of aromatic nitrogens is 2. The van der Waals surface area contributed by atoms with Gasteiger partial charge in [-0.1, -0.05) is 5.10 Å². The number of hydrogen-bond donors (Lipinski definition) is 1. The highest BCUT2D eigenvalue weighted by Crippen LogP contribution is 2.28. The van der Waals surface area contributed by atoms with Gasteiger partial charge in [0, 0.05) is 18.4 Å². The Kier molecular flexibility index (Phi) is 4.14. The Morgan fingerprint density at radius 3 is 2.61 bits per heavy atom. The van der Waals surface area contributed by atoms with E-state index >= 15 is 0 Å². The summed E-state index contributed by atoms with van der Waals surface area (Å²) >= 11 is 0. The molecule has 1 aromatic heterocycles. The van der Waals surface area contributed by atoms with Crippen LogP contribution in [0.1, 0.15) is 35.2 Å². The Morgan fingerprint density at radius 1 is 1.26 bits per heavy atom. The summed E-state index contributed by atoms with van der Waals surface area (Å²) in [6.07, 6.45) is 2.62. The molecule has 0 saturated carbocycles. The van der Waals surface area contributed by atoms with Crippen molar-refractivity contribution >= 4 is 21.8 Å². The van der Waals surface area contributed by atoms with E-state index in [1.807, 2.05) is 0 Å². The van der Waals surface area contributed by atoms with Gasteiger partial charge in [-0.25, -0.2) is 8.42 Å². The van der Waals surface area contributed by atoms with Crippen LogP contribution in [-0.2, 0) is 14.6 Å². The minimum absolute atomic E-state index is 0.0207. The number of anilines is 1. The van der Waals surface area contributed by atoms with E-state index in [9.17, 15) is 13.2 Å². The molecule has 1 saturated heterocycles. The molecule has 1 unspecified atom stereocenters. The smallest absolute Gasteiger partial charge is 0.322 e. The lowest BCUT2D eigenvalue weighted by Gasteiger charge is -2.03. The number of amides is 1. The maximum atomic E-state index is 12.1. The van der Waals surface area contributed by atoms with Gasteiger partial charge in [-0.15, -0.1) is 5.10 Å². The third-order valence-electron chi connectivity index (χ3n) is 3.41. The maximum absolute atomic E-state index is 12.1. The first kappa shape index (κ1) is 15.6. The standard InChI is InChI=1S/C14H15N3O5S/c1-23(19,20)10-6-4-9(5-7-10)12(18)15-14-17-16-13(22-14)11-3-2-8-21-11/h4-7,11H,2-3,8H2,1H3,(H,15,17,18). The van der Waals surface area contributed by atoms with Gasteiger partial charge in [-0.3, -0.25) is 10.1 Å². The molecule has 1 atom stereocenters. The number of hydrogen-bond acceptors (Lipinski definition) is 7. The van der Waals surface area contributed by atoms with E-state index in [0.29, 0.717) is 12.5 Å². The van der Waals surface area contributed by atoms with E-state index in [-0.39, 0.29) is 22.6 Å². The molecule has 23 heavy (non-hydrogen) atoms. The number of sulfone groups is 1. The molecule has 0 radical (unpaired) electrons. The topological polar surface area (TPSA) is 111 Å². The van der Waals surface area contributed by atoms with Gasteiger partial charge in [-0.05, 0) is 37.1 Å². The van der Waals surface area contributed by atoms with E-state index in [1.54, 1.807) is 0 Å². The molecule has 1 N–H and O–H groups in total. The molecule has 1 fully saturated rings. The molecule has 8 nitrogen and oxygen atoms in total. The van der Waals surface area contributed by atoms with E-state index < -0.39 is 15.7 Å². The van der Waals surface area contributed by atoms with Crippen molar-refractivity contribution in [2.75, 3.05) is 18.2 Å². The van der Waals surface area contributed by atoms with Crippen molar-refractivity contribution in [3.05, 3.63) is 35.7 Å². The summed E-state index contributed by atoms with van der Waals surface area (Å²) in [4.78, 5) is 12.2. The van der Waals surface area contributed by atoms with Crippen molar-refractivity contribution in [3.8, 4) is 0 Å². The summed E-state index contributed by atoms with van der Waals surface area (Å²) in [7, 11) is -3.30. The third-order valence-corrected chi connectivity index (χ3v) is 4.54. The predicted molar refractivity (Wildman–Crippen MR) is 79.7 cm³/mol. The fraction of sp³-hybridized carbons (Fsp3) is 0.357. The molecule has 2 heterocycles. The highest BCUT2D eigenvalue weighted by atomic mass is 32.2. The molecule has 0 aliphatic carbocycles. The third kappa shape index (κ3) is 3.57. The molecule has 0 bridgehead atoms. The summed E-state index contributed by atoms with van der Waals surface area (Å²) in [5.41, 5.74) is 0.286. The molecule has 1 aliphatic heterocycles. The van der Waals surface area contributed by atoms with Crippen molar-refractivity contribution in [2.45, 2.75) is 23.8 Å². The number of benzene rings is 1. The molecule has 3 rings (SSSR count). The Labute approximate surface area is 132 Å². The average molecular weight is 337 g/mol. The molecule has 1 aliphatic rings.